The van der Waals surface area contributed by atoms with Crippen molar-refractivity contribution in [1.82, 2.24) is 0 Å². The van der Waals surface area contributed by atoms with Gasteiger partial charge >= 0.3 is 0 Å². The average molecular weight is 324 g/mol. The fraction of sp³-hybridized carbons (Fsp3) is 0.312. The molecule has 2 rings (SSSR count). The predicted octanol–water partition coefficient (Wildman–Crippen LogP) is 2.75. The number of thiophene rings is 1. The molecule has 0 fully saturated rings. The highest BCUT2D eigenvalue weighted by atomic mass is 35.5. The van der Waals surface area contributed by atoms with E-state index in [1.54, 1.807) is 11.3 Å². The van der Waals surface area contributed by atoms with E-state index in [9.17, 15) is 4.79 Å². The standard InChI is InChI=1S/C16H19ClN2OS/c1-3-19(10-13-6-5-9-21-13)11-16(20)18-15-8-4-7-14(17)12(15)2/h4-9H,3,10-11H2,1-2H3,(H,18,20)/p+1. The third-order valence-corrected chi connectivity index (χ3v) is 4.74. The SMILES string of the molecule is CC[NH+](CC(=O)Nc1cccc(Cl)c1C)Cc1cccs1. The van der Waals surface area contributed by atoms with Crippen molar-refractivity contribution in [2.24, 2.45) is 0 Å². The molecular weight excluding hydrogens is 304 g/mol. The summed E-state index contributed by atoms with van der Waals surface area (Å²) in [6, 6.07) is 9.71. The summed E-state index contributed by atoms with van der Waals surface area (Å²) in [6.07, 6.45) is 0. The topological polar surface area (TPSA) is 33.5 Å². The van der Waals surface area contributed by atoms with Crippen molar-refractivity contribution in [3.8, 4) is 0 Å². The average Bonchev–Trinajstić information content (AvgIpc) is 2.96. The van der Waals surface area contributed by atoms with Gasteiger partial charge in [0.05, 0.1) is 11.4 Å². The van der Waals surface area contributed by atoms with Crippen molar-refractivity contribution in [3.63, 3.8) is 0 Å². The molecule has 1 unspecified atom stereocenters. The lowest BCUT2D eigenvalue weighted by Crippen LogP contribution is -3.11. The van der Waals surface area contributed by atoms with Crippen molar-refractivity contribution in [1.29, 1.82) is 0 Å². The second kappa shape index (κ2) is 7.59. The van der Waals surface area contributed by atoms with Crippen molar-refractivity contribution in [2.45, 2.75) is 20.4 Å². The van der Waals surface area contributed by atoms with E-state index >= 15 is 0 Å². The number of hydrogen-bond acceptors (Lipinski definition) is 2. The molecule has 0 aliphatic carbocycles. The Morgan fingerprint density at radius 3 is 2.81 bits per heavy atom. The number of hydrogen-bond donors (Lipinski definition) is 2. The number of anilines is 1. The van der Waals surface area contributed by atoms with Crippen LogP contribution in [0.1, 0.15) is 17.4 Å². The van der Waals surface area contributed by atoms with Gasteiger partial charge in [0, 0.05) is 10.7 Å². The van der Waals surface area contributed by atoms with Crippen LogP contribution < -0.4 is 10.2 Å². The lowest BCUT2D eigenvalue weighted by atomic mass is 10.2. The van der Waals surface area contributed by atoms with Gasteiger partial charge in [-0.2, -0.15) is 0 Å². The van der Waals surface area contributed by atoms with Gasteiger partial charge in [-0.05, 0) is 43.0 Å². The van der Waals surface area contributed by atoms with Crippen LogP contribution in [0, 0.1) is 6.92 Å². The zero-order valence-electron chi connectivity index (χ0n) is 12.3. The summed E-state index contributed by atoms with van der Waals surface area (Å²) in [5, 5.41) is 5.69. The van der Waals surface area contributed by atoms with Gasteiger partial charge < -0.3 is 10.2 Å². The molecule has 0 saturated heterocycles. The lowest BCUT2D eigenvalue weighted by Gasteiger charge is -2.17. The molecule has 0 bridgehead atoms. The van der Waals surface area contributed by atoms with Gasteiger partial charge in [0.1, 0.15) is 6.54 Å². The van der Waals surface area contributed by atoms with Crippen LogP contribution in [0.3, 0.4) is 0 Å². The number of nitrogens with one attached hydrogen (secondary N) is 2. The molecular formula is C16H20ClN2OS+. The number of likely N-dealkylation sites (N-methyl/N-ethyl adjacent to an activating group) is 1. The molecule has 0 aliphatic rings. The zero-order valence-corrected chi connectivity index (χ0v) is 13.9. The monoisotopic (exact) mass is 323 g/mol. The van der Waals surface area contributed by atoms with E-state index in [0.29, 0.717) is 11.6 Å². The molecule has 1 heterocycles. The number of amides is 1. The number of quaternary nitrogens is 1. The molecule has 112 valence electrons. The summed E-state index contributed by atoms with van der Waals surface area (Å²) in [5.74, 6) is 0.0220. The Kier molecular flexibility index (Phi) is 5.79. The third kappa shape index (κ3) is 4.56. The Balaban J connectivity index is 1.95. The van der Waals surface area contributed by atoms with Gasteiger partial charge in [-0.15, -0.1) is 11.3 Å². The van der Waals surface area contributed by atoms with Crippen LogP contribution in [-0.2, 0) is 11.3 Å². The molecule has 0 radical (unpaired) electrons. The largest absolute Gasteiger partial charge is 0.323 e. The highest BCUT2D eigenvalue weighted by molar-refractivity contribution is 7.09. The Morgan fingerprint density at radius 2 is 2.14 bits per heavy atom. The fourth-order valence-electron chi connectivity index (χ4n) is 2.14. The predicted molar refractivity (Wildman–Crippen MR) is 89.2 cm³/mol. The summed E-state index contributed by atoms with van der Waals surface area (Å²) in [4.78, 5) is 14.8. The van der Waals surface area contributed by atoms with Crippen molar-refractivity contribution >= 4 is 34.5 Å². The maximum absolute atomic E-state index is 12.2. The minimum absolute atomic E-state index is 0.0220. The number of rotatable bonds is 6. The molecule has 21 heavy (non-hydrogen) atoms. The Bertz CT molecular complexity index is 598. The molecule has 0 spiro atoms. The van der Waals surface area contributed by atoms with E-state index < -0.39 is 0 Å². The summed E-state index contributed by atoms with van der Waals surface area (Å²) in [6.45, 7) is 6.27. The Morgan fingerprint density at radius 1 is 1.33 bits per heavy atom. The number of halogens is 1. The molecule has 5 heteroatoms. The Hall–Kier alpha value is -1.36. The smallest absolute Gasteiger partial charge is 0.279 e. The molecule has 1 atom stereocenters. The first-order valence-corrected chi connectivity index (χ1v) is 8.26. The third-order valence-electron chi connectivity index (χ3n) is 3.46. The van der Waals surface area contributed by atoms with E-state index in [1.165, 1.54) is 9.78 Å². The normalized spacial score (nSPS) is 12.1. The van der Waals surface area contributed by atoms with Crippen LogP contribution in [-0.4, -0.2) is 19.0 Å². The van der Waals surface area contributed by atoms with Gasteiger partial charge in [0.25, 0.3) is 5.91 Å². The van der Waals surface area contributed by atoms with Crippen LogP contribution >= 0.6 is 22.9 Å². The van der Waals surface area contributed by atoms with Crippen LogP contribution in [0.15, 0.2) is 35.7 Å². The van der Waals surface area contributed by atoms with E-state index in [4.69, 9.17) is 11.6 Å². The molecule has 1 aromatic heterocycles. The van der Waals surface area contributed by atoms with Crippen molar-refractivity contribution in [2.75, 3.05) is 18.4 Å². The summed E-state index contributed by atoms with van der Waals surface area (Å²) < 4.78 is 0. The van der Waals surface area contributed by atoms with Crippen LogP contribution in [0.4, 0.5) is 5.69 Å². The minimum Gasteiger partial charge on any atom is -0.323 e. The maximum atomic E-state index is 12.2. The zero-order chi connectivity index (χ0) is 15.2. The lowest BCUT2D eigenvalue weighted by molar-refractivity contribution is -0.903. The van der Waals surface area contributed by atoms with Crippen molar-refractivity contribution in [3.05, 3.63) is 51.2 Å². The fourth-order valence-corrected chi connectivity index (χ4v) is 3.09. The maximum Gasteiger partial charge on any atom is 0.279 e. The summed E-state index contributed by atoms with van der Waals surface area (Å²) in [5.41, 5.74) is 1.70. The number of carbonyl (C=O) groups is 1. The second-order valence-electron chi connectivity index (χ2n) is 5.00. The van der Waals surface area contributed by atoms with E-state index in [2.05, 4.69) is 23.7 Å². The van der Waals surface area contributed by atoms with Crippen LogP contribution in [0.5, 0.6) is 0 Å². The second-order valence-corrected chi connectivity index (χ2v) is 6.44. The highest BCUT2D eigenvalue weighted by Gasteiger charge is 2.15. The molecule has 2 aromatic rings. The highest BCUT2D eigenvalue weighted by Crippen LogP contribution is 2.22. The van der Waals surface area contributed by atoms with Gasteiger partial charge in [0.2, 0.25) is 0 Å². The van der Waals surface area contributed by atoms with Gasteiger partial charge in [-0.3, -0.25) is 4.79 Å². The molecule has 1 amide bonds. The van der Waals surface area contributed by atoms with E-state index in [-0.39, 0.29) is 5.91 Å². The quantitative estimate of drug-likeness (QED) is 0.842. The molecule has 3 nitrogen and oxygen atoms in total. The number of carbonyl (C=O) groups excluding carboxylic acids is 1. The molecule has 0 saturated carbocycles. The first-order chi connectivity index (χ1) is 10.1. The van der Waals surface area contributed by atoms with Gasteiger partial charge in [-0.1, -0.05) is 23.7 Å². The Labute approximate surface area is 134 Å². The summed E-state index contributed by atoms with van der Waals surface area (Å²) in [7, 11) is 0. The molecule has 0 aliphatic heterocycles. The van der Waals surface area contributed by atoms with Crippen LogP contribution in [0.25, 0.3) is 0 Å². The molecule has 1 aromatic carbocycles. The van der Waals surface area contributed by atoms with E-state index in [0.717, 1.165) is 24.3 Å². The van der Waals surface area contributed by atoms with E-state index in [1.807, 2.05) is 31.2 Å². The molecule has 2 N–H and O–H groups in total. The minimum atomic E-state index is 0.0220. The first kappa shape index (κ1) is 16.0. The van der Waals surface area contributed by atoms with Gasteiger partial charge in [-0.25, -0.2) is 0 Å². The first-order valence-electron chi connectivity index (χ1n) is 7.01. The van der Waals surface area contributed by atoms with Crippen molar-refractivity contribution < 1.29 is 9.69 Å². The summed E-state index contributed by atoms with van der Waals surface area (Å²) >= 11 is 7.80. The van der Waals surface area contributed by atoms with Crippen LogP contribution in [0.2, 0.25) is 5.02 Å². The van der Waals surface area contributed by atoms with Gasteiger partial charge in [0.15, 0.2) is 6.54 Å². The number of benzene rings is 1.